The summed E-state index contributed by atoms with van der Waals surface area (Å²) in [6, 6.07) is 0. The summed E-state index contributed by atoms with van der Waals surface area (Å²) in [7, 11) is 0. The van der Waals surface area contributed by atoms with Crippen LogP contribution < -0.4 is 5.73 Å². The lowest BCUT2D eigenvalue weighted by Gasteiger charge is -2.28. The molecule has 0 heterocycles. The minimum absolute atomic E-state index is 0.151. The van der Waals surface area contributed by atoms with Gasteiger partial charge in [0, 0.05) is 17.7 Å². The van der Waals surface area contributed by atoms with Gasteiger partial charge in [0.15, 0.2) is 0 Å². The first-order valence-corrected chi connectivity index (χ1v) is 6.74. The van der Waals surface area contributed by atoms with E-state index in [4.69, 9.17) is 15.9 Å². The van der Waals surface area contributed by atoms with Crippen molar-refractivity contribution in [3.63, 3.8) is 0 Å². The van der Waals surface area contributed by atoms with Crippen LogP contribution in [0.4, 0.5) is 0 Å². The van der Waals surface area contributed by atoms with Gasteiger partial charge < -0.3 is 15.9 Å². The van der Waals surface area contributed by atoms with Crippen LogP contribution in [0.2, 0.25) is 0 Å². The third-order valence-electron chi connectivity index (χ3n) is 2.61. The predicted molar refractivity (Wildman–Crippen MR) is 76.1 cm³/mol. The van der Waals surface area contributed by atoms with E-state index in [0.29, 0.717) is 12.2 Å². The number of nitrogens with two attached hydrogens (primary N) is 1. The fourth-order valence-corrected chi connectivity index (χ4v) is 2.01. The lowest BCUT2D eigenvalue weighted by molar-refractivity contribution is -0.134. The van der Waals surface area contributed by atoms with E-state index in [1.165, 1.54) is 38.5 Å². The van der Waals surface area contributed by atoms with Crippen molar-refractivity contribution in [1.82, 2.24) is 0 Å². The molecule has 0 amide bonds. The molecule has 0 saturated carbocycles. The zero-order chi connectivity index (χ0) is 15.3. The summed E-state index contributed by atoms with van der Waals surface area (Å²) in [6.45, 7) is 6.65. The molecular weight excluding hydrogens is 246 g/mol. The van der Waals surface area contributed by atoms with Gasteiger partial charge >= 0.3 is 11.9 Å². The Balaban J connectivity index is 0. The standard InChI is InChI=1S/C10H23N.C4H4O4/c1-4-7-10(11,8-5-2)9-6-3;5-3(6)1-2-4(7)8/h4-9,11H2,1-3H3;1-2H,(H,5,6)(H,7,8)/b;2-1+. The average molecular weight is 273 g/mol. The lowest BCUT2D eigenvalue weighted by Crippen LogP contribution is -2.39. The first-order valence-electron chi connectivity index (χ1n) is 6.74. The van der Waals surface area contributed by atoms with Crippen molar-refractivity contribution in [2.75, 3.05) is 0 Å². The highest BCUT2D eigenvalue weighted by Crippen LogP contribution is 2.21. The molecule has 5 heteroatoms. The number of hydrogen-bond donors (Lipinski definition) is 3. The highest BCUT2D eigenvalue weighted by Gasteiger charge is 2.20. The van der Waals surface area contributed by atoms with Gasteiger partial charge in [0.05, 0.1) is 0 Å². The molecule has 0 aromatic heterocycles. The van der Waals surface area contributed by atoms with Crippen LogP contribution in [0, 0.1) is 0 Å². The van der Waals surface area contributed by atoms with Crippen LogP contribution in [0.3, 0.4) is 0 Å². The molecule has 19 heavy (non-hydrogen) atoms. The van der Waals surface area contributed by atoms with Gasteiger partial charge in [-0.15, -0.1) is 0 Å². The number of rotatable bonds is 8. The quantitative estimate of drug-likeness (QED) is 0.590. The van der Waals surface area contributed by atoms with Gasteiger partial charge in [-0.3, -0.25) is 0 Å². The van der Waals surface area contributed by atoms with Gasteiger partial charge in [-0.05, 0) is 19.3 Å². The van der Waals surface area contributed by atoms with Crippen molar-refractivity contribution in [1.29, 1.82) is 0 Å². The minimum Gasteiger partial charge on any atom is -0.478 e. The Hall–Kier alpha value is -1.36. The van der Waals surface area contributed by atoms with Crippen LogP contribution >= 0.6 is 0 Å². The largest absolute Gasteiger partial charge is 0.478 e. The van der Waals surface area contributed by atoms with Crippen molar-refractivity contribution in [2.24, 2.45) is 5.73 Å². The zero-order valence-electron chi connectivity index (χ0n) is 12.2. The maximum absolute atomic E-state index is 9.55. The number of carbonyl (C=O) groups is 2. The van der Waals surface area contributed by atoms with Gasteiger partial charge in [0.25, 0.3) is 0 Å². The van der Waals surface area contributed by atoms with Crippen LogP contribution in [0.25, 0.3) is 0 Å². The van der Waals surface area contributed by atoms with E-state index in [9.17, 15) is 9.59 Å². The molecule has 0 unspecified atom stereocenters. The molecule has 0 fully saturated rings. The Morgan fingerprint density at radius 2 is 1.16 bits per heavy atom. The molecular formula is C14H27NO4. The van der Waals surface area contributed by atoms with Gasteiger partial charge in [0.2, 0.25) is 0 Å². The molecule has 0 aliphatic carbocycles. The molecule has 0 bridgehead atoms. The molecule has 0 aliphatic heterocycles. The minimum atomic E-state index is -1.26. The number of aliphatic carboxylic acids is 2. The van der Waals surface area contributed by atoms with Crippen molar-refractivity contribution >= 4 is 11.9 Å². The average Bonchev–Trinajstić information content (AvgIpc) is 2.28. The maximum Gasteiger partial charge on any atom is 0.328 e. The Kier molecular flexibility index (Phi) is 12.3. The van der Waals surface area contributed by atoms with Crippen molar-refractivity contribution < 1.29 is 19.8 Å². The summed E-state index contributed by atoms with van der Waals surface area (Å²) in [4.78, 5) is 19.1. The van der Waals surface area contributed by atoms with Crippen LogP contribution in [-0.2, 0) is 9.59 Å². The second-order valence-electron chi connectivity index (χ2n) is 4.62. The van der Waals surface area contributed by atoms with E-state index in [-0.39, 0.29) is 5.54 Å². The fraction of sp³-hybridized carbons (Fsp3) is 0.714. The van der Waals surface area contributed by atoms with Crippen molar-refractivity contribution in [3.05, 3.63) is 12.2 Å². The van der Waals surface area contributed by atoms with Gasteiger partial charge in [0.1, 0.15) is 0 Å². The Morgan fingerprint density at radius 3 is 1.32 bits per heavy atom. The van der Waals surface area contributed by atoms with E-state index in [0.717, 1.165) is 0 Å². The lowest BCUT2D eigenvalue weighted by atomic mass is 9.86. The summed E-state index contributed by atoms with van der Waals surface area (Å²) in [5.74, 6) is -2.51. The SMILES string of the molecule is CCCC(N)(CCC)CCC.O=C(O)/C=C/C(=O)O. The summed E-state index contributed by atoms with van der Waals surface area (Å²) in [5, 5.41) is 15.6. The molecule has 0 saturated heterocycles. The third-order valence-corrected chi connectivity index (χ3v) is 2.61. The molecule has 0 rings (SSSR count). The third kappa shape index (κ3) is 14.6. The van der Waals surface area contributed by atoms with Gasteiger partial charge in [-0.25, -0.2) is 9.59 Å². The topological polar surface area (TPSA) is 101 Å². The zero-order valence-corrected chi connectivity index (χ0v) is 12.2. The highest BCUT2D eigenvalue weighted by atomic mass is 16.4. The molecule has 0 spiro atoms. The first kappa shape index (κ1) is 20.0. The van der Waals surface area contributed by atoms with Crippen LogP contribution in [0.5, 0.6) is 0 Å². The molecule has 0 atom stereocenters. The van der Waals surface area contributed by atoms with Crippen LogP contribution in [0.1, 0.15) is 59.3 Å². The van der Waals surface area contributed by atoms with E-state index in [1.807, 2.05) is 0 Å². The van der Waals surface area contributed by atoms with Gasteiger partial charge in [-0.2, -0.15) is 0 Å². The molecule has 0 aromatic carbocycles. The summed E-state index contributed by atoms with van der Waals surface area (Å²) in [6.07, 6.45) is 8.34. The molecule has 5 nitrogen and oxygen atoms in total. The van der Waals surface area contributed by atoms with Crippen molar-refractivity contribution in [2.45, 2.75) is 64.8 Å². The second-order valence-corrected chi connectivity index (χ2v) is 4.62. The fourth-order valence-electron chi connectivity index (χ4n) is 2.01. The summed E-state index contributed by atoms with van der Waals surface area (Å²) >= 11 is 0. The Labute approximate surface area is 115 Å². The number of carboxylic acids is 2. The molecule has 4 N–H and O–H groups in total. The second kappa shape index (κ2) is 11.7. The predicted octanol–water partition coefficient (Wildman–Crippen LogP) is 2.80. The monoisotopic (exact) mass is 273 g/mol. The maximum atomic E-state index is 9.55. The van der Waals surface area contributed by atoms with Crippen LogP contribution in [0.15, 0.2) is 12.2 Å². The number of carboxylic acid groups (broad SMARTS) is 2. The van der Waals surface area contributed by atoms with Crippen molar-refractivity contribution in [3.8, 4) is 0 Å². The van der Waals surface area contributed by atoms with E-state index < -0.39 is 11.9 Å². The Bertz CT molecular complexity index is 254. The number of hydrogen-bond acceptors (Lipinski definition) is 3. The van der Waals surface area contributed by atoms with E-state index in [2.05, 4.69) is 20.8 Å². The normalized spacial score (nSPS) is 10.9. The van der Waals surface area contributed by atoms with E-state index in [1.54, 1.807) is 0 Å². The Morgan fingerprint density at radius 1 is 0.895 bits per heavy atom. The van der Waals surface area contributed by atoms with E-state index >= 15 is 0 Å². The molecule has 0 aromatic rings. The summed E-state index contributed by atoms with van der Waals surface area (Å²) < 4.78 is 0. The van der Waals surface area contributed by atoms with Crippen LogP contribution in [-0.4, -0.2) is 27.7 Å². The molecule has 0 aliphatic rings. The first-order chi connectivity index (χ1) is 8.81. The highest BCUT2D eigenvalue weighted by molar-refractivity contribution is 5.89. The van der Waals surface area contributed by atoms with Gasteiger partial charge in [-0.1, -0.05) is 40.0 Å². The molecule has 112 valence electrons. The smallest absolute Gasteiger partial charge is 0.328 e. The molecule has 0 radical (unpaired) electrons. The summed E-state index contributed by atoms with van der Waals surface area (Å²) in [5.41, 5.74) is 6.38.